The highest BCUT2D eigenvalue weighted by atomic mass is 35.5. The Morgan fingerprint density at radius 3 is 2.74 bits per heavy atom. The molecule has 2 unspecified atom stereocenters. The third-order valence-corrected chi connectivity index (χ3v) is 6.43. The van der Waals surface area contributed by atoms with Crippen LogP contribution in [0.3, 0.4) is 0 Å². The van der Waals surface area contributed by atoms with Crippen LogP contribution in [0.5, 0.6) is 0 Å². The molecule has 2 atom stereocenters. The molecule has 0 radical (unpaired) electrons. The smallest absolute Gasteiger partial charge is 0.0931 e. The Morgan fingerprint density at radius 2 is 1.96 bits per heavy atom. The molecule has 0 fully saturated rings. The van der Waals surface area contributed by atoms with Crippen LogP contribution in [-0.4, -0.2) is 29.6 Å². The molecule has 2 aliphatic rings. The number of β-amino-alcohol motifs (C(OH)–C–C–N with tert-alkyl or cyclic N) is 1. The number of hydrogen-bond donors (Lipinski definition) is 1. The van der Waals surface area contributed by atoms with Gasteiger partial charge in [-0.1, -0.05) is 59.9 Å². The van der Waals surface area contributed by atoms with Gasteiger partial charge in [-0.3, -0.25) is 4.90 Å². The molecule has 144 valence electrons. The van der Waals surface area contributed by atoms with Gasteiger partial charge in [-0.05, 0) is 52.8 Å². The van der Waals surface area contributed by atoms with E-state index in [9.17, 15) is 5.11 Å². The van der Waals surface area contributed by atoms with Crippen LogP contribution in [0.2, 0.25) is 15.1 Å². The third kappa shape index (κ3) is 4.03. The molecule has 0 amide bonds. The van der Waals surface area contributed by atoms with Crippen LogP contribution in [0.15, 0.2) is 42.0 Å². The zero-order chi connectivity index (χ0) is 18.4. The van der Waals surface area contributed by atoms with Crippen molar-refractivity contribution in [3.8, 4) is 0 Å². The van der Waals surface area contributed by atoms with Gasteiger partial charge in [-0.25, -0.2) is 0 Å². The van der Waals surface area contributed by atoms with Gasteiger partial charge in [0.1, 0.15) is 0 Å². The van der Waals surface area contributed by atoms with Crippen LogP contribution in [-0.2, 0) is 6.42 Å². The van der Waals surface area contributed by atoms with E-state index < -0.39 is 6.10 Å². The molecule has 0 spiro atoms. The lowest BCUT2D eigenvalue weighted by atomic mass is 9.89. The summed E-state index contributed by atoms with van der Waals surface area (Å²) in [7, 11) is 0. The second-order valence-corrected chi connectivity index (χ2v) is 8.47. The van der Waals surface area contributed by atoms with E-state index in [0.717, 1.165) is 24.5 Å². The highest BCUT2D eigenvalue weighted by Gasteiger charge is 2.32. The van der Waals surface area contributed by atoms with Crippen LogP contribution in [0.25, 0.3) is 5.57 Å². The highest BCUT2D eigenvalue weighted by Crippen LogP contribution is 2.42. The molecule has 2 aromatic rings. The minimum atomic E-state index is -0.659. The van der Waals surface area contributed by atoms with Gasteiger partial charge in [-0.15, -0.1) is 12.4 Å². The standard InChI is InChI=1S/C21H20Cl3NO.ClH/c1-12-9-25(11-19(26)16-3-2-4-18(23)21(16)24)10-14-7-13-5-6-15(22)8-17(13)20(12)14;/h2-6,8,12,19,26H,7,9-11H2,1H3;1H. The number of aliphatic hydroxyl groups is 1. The number of rotatable bonds is 3. The zero-order valence-electron chi connectivity index (χ0n) is 14.9. The molecule has 0 bridgehead atoms. The fourth-order valence-corrected chi connectivity index (χ4v) is 4.90. The quantitative estimate of drug-likeness (QED) is 0.621. The van der Waals surface area contributed by atoms with Crippen molar-refractivity contribution in [3.63, 3.8) is 0 Å². The Bertz CT molecular complexity index is 896. The van der Waals surface area contributed by atoms with E-state index in [1.165, 1.54) is 22.3 Å². The summed E-state index contributed by atoms with van der Waals surface area (Å²) in [6, 6.07) is 11.6. The summed E-state index contributed by atoms with van der Waals surface area (Å²) in [4.78, 5) is 2.30. The van der Waals surface area contributed by atoms with Crippen molar-refractivity contribution in [2.45, 2.75) is 19.4 Å². The first-order valence-electron chi connectivity index (χ1n) is 8.79. The molecule has 4 rings (SSSR count). The first-order chi connectivity index (χ1) is 12.4. The SMILES string of the molecule is CC1CN(CC(O)c2cccc(Cl)c2Cl)CC2=C1c1cc(Cl)ccc1C2.Cl. The first kappa shape index (κ1) is 21.0. The Labute approximate surface area is 181 Å². The topological polar surface area (TPSA) is 23.5 Å². The van der Waals surface area contributed by atoms with Gasteiger partial charge in [0.25, 0.3) is 0 Å². The first-order valence-corrected chi connectivity index (χ1v) is 9.92. The summed E-state index contributed by atoms with van der Waals surface area (Å²) in [5, 5.41) is 12.4. The molecule has 6 heteroatoms. The second kappa shape index (κ2) is 8.32. The van der Waals surface area contributed by atoms with Gasteiger partial charge >= 0.3 is 0 Å². The largest absolute Gasteiger partial charge is 0.387 e. The number of benzene rings is 2. The third-order valence-electron chi connectivity index (χ3n) is 5.36. The normalized spacial score (nSPS) is 20.1. The van der Waals surface area contributed by atoms with E-state index in [0.29, 0.717) is 28.1 Å². The number of aliphatic hydroxyl groups excluding tert-OH is 1. The number of fused-ring (bicyclic) bond motifs is 2. The summed E-state index contributed by atoms with van der Waals surface area (Å²) >= 11 is 18.6. The predicted molar refractivity (Wildman–Crippen MR) is 116 cm³/mol. The summed E-state index contributed by atoms with van der Waals surface area (Å²) in [5.41, 5.74) is 6.22. The lowest BCUT2D eigenvalue weighted by Crippen LogP contribution is -2.38. The van der Waals surface area contributed by atoms with E-state index in [2.05, 4.69) is 24.0 Å². The maximum atomic E-state index is 10.7. The van der Waals surface area contributed by atoms with Crippen LogP contribution >= 0.6 is 47.2 Å². The van der Waals surface area contributed by atoms with E-state index in [1.54, 1.807) is 6.07 Å². The molecule has 0 saturated heterocycles. The molecule has 1 N–H and O–H groups in total. The molecule has 1 heterocycles. The molecule has 1 aliphatic heterocycles. The zero-order valence-corrected chi connectivity index (χ0v) is 18.0. The predicted octanol–water partition coefficient (Wildman–Crippen LogP) is 6.06. The number of nitrogens with zero attached hydrogens (tertiary/aromatic N) is 1. The van der Waals surface area contributed by atoms with E-state index >= 15 is 0 Å². The molecule has 1 aliphatic carbocycles. The van der Waals surface area contributed by atoms with E-state index in [4.69, 9.17) is 34.8 Å². The summed E-state index contributed by atoms with van der Waals surface area (Å²) in [5.74, 6) is 0.403. The van der Waals surface area contributed by atoms with E-state index in [-0.39, 0.29) is 12.4 Å². The summed E-state index contributed by atoms with van der Waals surface area (Å²) < 4.78 is 0. The average molecular weight is 445 g/mol. The maximum Gasteiger partial charge on any atom is 0.0931 e. The van der Waals surface area contributed by atoms with Gasteiger partial charge in [-0.2, -0.15) is 0 Å². The van der Waals surface area contributed by atoms with Crippen molar-refractivity contribution in [1.29, 1.82) is 0 Å². The second-order valence-electron chi connectivity index (χ2n) is 7.25. The Kier molecular flexibility index (Phi) is 6.47. The minimum Gasteiger partial charge on any atom is -0.387 e. The van der Waals surface area contributed by atoms with Crippen molar-refractivity contribution < 1.29 is 5.11 Å². The lowest BCUT2D eigenvalue weighted by molar-refractivity contribution is 0.111. The van der Waals surface area contributed by atoms with Crippen molar-refractivity contribution in [2.24, 2.45) is 5.92 Å². The van der Waals surface area contributed by atoms with Crippen molar-refractivity contribution in [2.75, 3.05) is 19.6 Å². The monoisotopic (exact) mass is 443 g/mol. The van der Waals surface area contributed by atoms with Gasteiger partial charge < -0.3 is 5.11 Å². The van der Waals surface area contributed by atoms with Gasteiger partial charge in [0.2, 0.25) is 0 Å². The van der Waals surface area contributed by atoms with Crippen LogP contribution in [0.4, 0.5) is 0 Å². The van der Waals surface area contributed by atoms with E-state index in [1.807, 2.05) is 18.2 Å². The Morgan fingerprint density at radius 1 is 1.19 bits per heavy atom. The van der Waals surface area contributed by atoms with Crippen molar-refractivity contribution in [1.82, 2.24) is 4.90 Å². The summed E-state index contributed by atoms with van der Waals surface area (Å²) in [6.07, 6.45) is 0.310. The van der Waals surface area contributed by atoms with Gasteiger partial charge in [0.05, 0.1) is 16.1 Å². The van der Waals surface area contributed by atoms with Gasteiger partial charge in [0, 0.05) is 30.2 Å². The van der Waals surface area contributed by atoms with Crippen LogP contribution in [0.1, 0.15) is 29.7 Å². The molecule has 27 heavy (non-hydrogen) atoms. The van der Waals surface area contributed by atoms with Crippen molar-refractivity contribution in [3.05, 3.63) is 73.7 Å². The summed E-state index contributed by atoms with van der Waals surface area (Å²) in [6.45, 7) is 4.55. The maximum absolute atomic E-state index is 10.7. The lowest BCUT2D eigenvalue weighted by Gasteiger charge is -2.34. The molecule has 0 saturated carbocycles. The van der Waals surface area contributed by atoms with Crippen molar-refractivity contribution >= 4 is 52.8 Å². The number of halogens is 4. The molecule has 0 aromatic heterocycles. The molecule has 2 nitrogen and oxygen atoms in total. The number of hydrogen-bond acceptors (Lipinski definition) is 2. The molecule has 2 aromatic carbocycles. The minimum absolute atomic E-state index is 0. The van der Waals surface area contributed by atoms with Crippen LogP contribution in [0, 0.1) is 5.92 Å². The molecular formula is C21H21Cl4NO. The van der Waals surface area contributed by atoms with Crippen LogP contribution < -0.4 is 0 Å². The fraction of sp³-hybridized carbons (Fsp3) is 0.333. The highest BCUT2D eigenvalue weighted by molar-refractivity contribution is 6.42. The fourth-order valence-electron chi connectivity index (χ4n) is 4.30. The average Bonchev–Trinajstić information content (AvgIpc) is 2.95. The Hall–Kier alpha value is -0.740. The Balaban J connectivity index is 0.00000210. The van der Waals surface area contributed by atoms with Gasteiger partial charge in [0.15, 0.2) is 0 Å². The molecular weight excluding hydrogens is 424 g/mol.